The maximum atomic E-state index is 13.8. The van der Waals surface area contributed by atoms with E-state index in [-0.39, 0.29) is 11.7 Å². The molecule has 0 fully saturated rings. The Kier molecular flexibility index (Phi) is 5.88. The maximum Gasteiger partial charge on any atom is 0.126 e. The molecule has 0 saturated heterocycles. The molecule has 0 heterocycles. The smallest absolute Gasteiger partial charge is 0.126 e. The van der Waals surface area contributed by atoms with Crippen LogP contribution in [0.2, 0.25) is 10.0 Å². The summed E-state index contributed by atoms with van der Waals surface area (Å²) in [4.78, 5) is 0. The van der Waals surface area contributed by atoms with Gasteiger partial charge >= 0.3 is 0 Å². The van der Waals surface area contributed by atoms with Crippen molar-refractivity contribution < 1.29 is 4.39 Å². The van der Waals surface area contributed by atoms with Crippen molar-refractivity contribution in [2.45, 2.75) is 12.8 Å². The zero-order chi connectivity index (χ0) is 14.5. The fourth-order valence-electron chi connectivity index (χ4n) is 2.17. The zero-order valence-electron chi connectivity index (χ0n) is 10.8. The van der Waals surface area contributed by atoms with Crippen molar-refractivity contribution >= 4 is 39.1 Å². The average Bonchev–Trinajstić information content (AvgIpc) is 2.44. The van der Waals surface area contributed by atoms with Crippen LogP contribution < -0.4 is 0 Å². The summed E-state index contributed by atoms with van der Waals surface area (Å²) in [6, 6.07) is 12.4. The van der Waals surface area contributed by atoms with Gasteiger partial charge in [-0.05, 0) is 54.2 Å². The van der Waals surface area contributed by atoms with Crippen LogP contribution in [-0.2, 0) is 12.8 Å². The van der Waals surface area contributed by atoms with E-state index in [1.165, 1.54) is 6.07 Å². The molecule has 0 nitrogen and oxygen atoms in total. The van der Waals surface area contributed by atoms with Gasteiger partial charge in [0.2, 0.25) is 0 Å². The summed E-state index contributed by atoms with van der Waals surface area (Å²) in [6.07, 6.45) is 1.43. The molecule has 106 valence electrons. The molecular weight excluding hydrogens is 362 g/mol. The summed E-state index contributed by atoms with van der Waals surface area (Å²) in [5.41, 5.74) is 1.73. The molecule has 1 unspecified atom stereocenters. The van der Waals surface area contributed by atoms with Gasteiger partial charge in [-0.25, -0.2) is 4.39 Å². The lowest BCUT2D eigenvalue weighted by Gasteiger charge is -2.16. The van der Waals surface area contributed by atoms with Crippen molar-refractivity contribution in [2.24, 2.45) is 5.92 Å². The number of halogens is 4. The van der Waals surface area contributed by atoms with Crippen molar-refractivity contribution in [3.8, 4) is 0 Å². The van der Waals surface area contributed by atoms with Gasteiger partial charge in [-0.1, -0.05) is 57.3 Å². The van der Waals surface area contributed by atoms with Gasteiger partial charge in [0.15, 0.2) is 0 Å². The Balaban J connectivity index is 2.13. The molecule has 0 spiro atoms. The Labute approximate surface area is 137 Å². The van der Waals surface area contributed by atoms with E-state index < -0.39 is 0 Å². The Bertz CT molecular complexity index is 586. The zero-order valence-corrected chi connectivity index (χ0v) is 13.8. The lowest BCUT2D eigenvalue weighted by Crippen LogP contribution is -2.11. The topological polar surface area (TPSA) is 0 Å². The molecule has 1 atom stereocenters. The second-order valence-electron chi connectivity index (χ2n) is 4.76. The molecule has 0 aliphatic carbocycles. The quantitative estimate of drug-likeness (QED) is 0.568. The first-order valence-corrected chi connectivity index (χ1v) is 8.21. The van der Waals surface area contributed by atoms with Crippen molar-refractivity contribution in [3.05, 3.63) is 69.5 Å². The first kappa shape index (κ1) is 15.8. The molecule has 2 aromatic rings. The molecule has 0 aliphatic rings. The normalized spacial score (nSPS) is 12.4. The molecule has 0 saturated carbocycles. The van der Waals surface area contributed by atoms with E-state index >= 15 is 0 Å². The second kappa shape index (κ2) is 7.44. The minimum atomic E-state index is -0.209. The molecule has 0 aliphatic heterocycles. The first-order valence-electron chi connectivity index (χ1n) is 6.33. The predicted octanol–water partition coefficient (Wildman–Crippen LogP) is 5.93. The highest BCUT2D eigenvalue weighted by molar-refractivity contribution is 9.09. The van der Waals surface area contributed by atoms with Gasteiger partial charge in [0, 0.05) is 15.4 Å². The number of hydrogen-bond donors (Lipinski definition) is 0. The van der Waals surface area contributed by atoms with Gasteiger partial charge in [0.25, 0.3) is 0 Å². The lowest BCUT2D eigenvalue weighted by molar-refractivity contribution is 0.550. The minimum Gasteiger partial charge on any atom is -0.207 e. The molecule has 2 rings (SSSR count). The van der Waals surface area contributed by atoms with E-state index in [1.807, 2.05) is 24.3 Å². The Morgan fingerprint density at radius 3 is 2.40 bits per heavy atom. The summed E-state index contributed by atoms with van der Waals surface area (Å²) >= 11 is 15.6. The predicted molar refractivity (Wildman–Crippen MR) is 87.6 cm³/mol. The molecular formula is C16H14BrCl2F. The largest absolute Gasteiger partial charge is 0.207 e. The van der Waals surface area contributed by atoms with Crippen LogP contribution in [0.5, 0.6) is 0 Å². The maximum absolute atomic E-state index is 13.8. The van der Waals surface area contributed by atoms with E-state index in [1.54, 1.807) is 12.1 Å². The number of benzene rings is 2. The minimum absolute atomic E-state index is 0.209. The Morgan fingerprint density at radius 2 is 1.70 bits per heavy atom. The summed E-state index contributed by atoms with van der Waals surface area (Å²) in [6.45, 7) is 0. The molecule has 4 heteroatoms. The van der Waals surface area contributed by atoms with E-state index in [2.05, 4.69) is 15.9 Å². The van der Waals surface area contributed by atoms with Crippen molar-refractivity contribution in [1.29, 1.82) is 0 Å². The van der Waals surface area contributed by atoms with Crippen LogP contribution in [-0.4, -0.2) is 5.33 Å². The van der Waals surface area contributed by atoms with Crippen LogP contribution in [0.15, 0.2) is 42.5 Å². The van der Waals surface area contributed by atoms with Crippen LogP contribution in [0.3, 0.4) is 0 Å². The van der Waals surface area contributed by atoms with Gasteiger partial charge in [0.05, 0.1) is 0 Å². The highest BCUT2D eigenvalue weighted by atomic mass is 79.9. The molecule has 0 amide bonds. The standard InChI is InChI=1S/C16H14BrCl2F/c17-10-11(7-12-3-1-2-4-15(12)19)8-13-9-14(18)5-6-16(13)20/h1-6,9,11H,7-8,10H2. The molecule has 2 aromatic carbocycles. The van der Waals surface area contributed by atoms with Crippen molar-refractivity contribution in [2.75, 3.05) is 5.33 Å². The molecule has 0 aromatic heterocycles. The van der Waals surface area contributed by atoms with E-state index in [0.717, 1.165) is 22.3 Å². The van der Waals surface area contributed by atoms with Gasteiger partial charge in [0.1, 0.15) is 5.82 Å². The van der Waals surface area contributed by atoms with E-state index in [4.69, 9.17) is 23.2 Å². The molecule has 0 radical (unpaired) electrons. The monoisotopic (exact) mass is 374 g/mol. The summed E-state index contributed by atoms with van der Waals surface area (Å²) in [7, 11) is 0. The molecule has 0 N–H and O–H groups in total. The Morgan fingerprint density at radius 1 is 1.00 bits per heavy atom. The van der Waals surface area contributed by atoms with Gasteiger partial charge in [-0.15, -0.1) is 0 Å². The molecule has 20 heavy (non-hydrogen) atoms. The highest BCUT2D eigenvalue weighted by Crippen LogP contribution is 2.24. The SMILES string of the molecule is Fc1ccc(Cl)cc1CC(CBr)Cc1ccccc1Cl. The summed E-state index contributed by atoms with van der Waals surface area (Å²) < 4.78 is 13.8. The van der Waals surface area contributed by atoms with E-state index in [0.29, 0.717) is 17.0 Å². The number of rotatable bonds is 5. The van der Waals surface area contributed by atoms with E-state index in [9.17, 15) is 4.39 Å². The van der Waals surface area contributed by atoms with Crippen LogP contribution in [0.4, 0.5) is 4.39 Å². The third kappa shape index (κ3) is 4.21. The number of alkyl halides is 1. The van der Waals surface area contributed by atoms with Crippen LogP contribution in [0.25, 0.3) is 0 Å². The lowest BCUT2D eigenvalue weighted by atomic mass is 9.94. The van der Waals surface area contributed by atoms with Crippen molar-refractivity contribution in [3.63, 3.8) is 0 Å². The van der Waals surface area contributed by atoms with Crippen molar-refractivity contribution in [1.82, 2.24) is 0 Å². The first-order chi connectivity index (χ1) is 9.60. The Hall–Kier alpha value is -0.570. The van der Waals surface area contributed by atoms with Gasteiger partial charge < -0.3 is 0 Å². The van der Waals surface area contributed by atoms with Crippen LogP contribution >= 0.6 is 39.1 Å². The molecule has 0 bridgehead atoms. The third-order valence-corrected chi connectivity index (χ3v) is 4.72. The fraction of sp³-hybridized carbons (Fsp3) is 0.250. The average molecular weight is 376 g/mol. The summed E-state index contributed by atoms with van der Waals surface area (Å²) in [5, 5.41) is 2.10. The van der Waals surface area contributed by atoms with Crippen LogP contribution in [0.1, 0.15) is 11.1 Å². The second-order valence-corrected chi connectivity index (χ2v) is 6.25. The fourth-order valence-corrected chi connectivity index (χ4v) is 3.03. The van der Waals surface area contributed by atoms with Gasteiger partial charge in [-0.3, -0.25) is 0 Å². The van der Waals surface area contributed by atoms with Crippen LogP contribution in [0, 0.1) is 11.7 Å². The highest BCUT2D eigenvalue weighted by Gasteiger charge is 2.14. The number of hydrogen-bond acceptors (Lipinski definition) is 0. The third-order valence-electron chi connectivity index (χ3n) is 3.20. The summed E-state index contributed by atoms with van der Waals surface area (Å²) in [5.74, 6) is 0.0578. The van der Waals surface area contributed by atoms with Gasteiger partial charge in [-0.2, -0.15) is 0 Å².